The minimum absolute atomic E-state index is 0. The molecule has 0 aliphatic heterocycles. The molecule has 0 saturated heterocycles. The SMILES string of the molecule is CC#CC#CC#CC#CC(=O)OC[C@H](COP(=O)([O-])[O-])OC(=O)CCCCCCCCCCCCC.S.[HH].[HH].[HH].[HH].[HH].[HH].[HH].[Na+].[Na+]. The van der Waals surface area contributed by atoms with Gasteiger partial charge in [-0.25, -0.2) is 4.79 Å². The van der Waals surface area contributed by atoms with Crippen LogP contribution in [0.4, 0.5) is 0 Å². The molecule has 0 unspecified atom stereocenters. The van der Waals surface area contributed by atoms with Crippen molar-refractivity contribution >= 4 is 33.3 Å². The van der Waals surface area contributed by atoms with Crippen molar-refractivity contribution in [2.24, 2.45) is 0 Å². The Morgan fingerprint density at radius 1 is 0.795 bits per heavy atom. The molecular formula is C27H51Na2O8PS. The van der Waals surface area contributed by atoms with Crippen LogP contribution >= 0.6 is 21.3 Å². The summed E-state index contributed by atoms with van der Waals surface area (Å²) in [6.07, 6.45) is 11.3. The van der Waals surface area contributed by atoms with Crippen LogP contribution in [-0.4, -0.2) is 31.3 Å². The second-order valence-electron chi connectivity index (χ2n) is 7.86. The molecule has 0 saturated carbocycles. The molecule has 0 aromatic rings. The number of phosphoric acid groups is 1. The van der Waals surface area contributed by atoms with Gasteiger partial charge >= 0.3 is 71.1 Å². The molecule has 12 heteroatoms. The number of phosphoric ester groups is 1. The Kier molecular flexibility index (Phi) is 37.6. The van der Waals surface area contributed by atoms with Crippen LogP contribution in [0.1, 0.15) is 101 Å². The van der Waals surface area contributed by atoms with E-state index >= 15 is 0 Å². The zero-order valence-electron chi connectivity index (χ0n) is 23.7. The van der Waals surface area contributed by atoms with Gasteiger partial charge in [0.05, 0.1) is 14.4 Å². The van der Waals surface area contributed by atoms with Crippen LogP contribution in [0.25, 0.3) is 0 Å². The topological polar surface area (TPSA) is 125 Å². The summed E-state index contributed by atoms with van der Waals surface area (Å²) >= 11 is 0. The average molecular weight is 613 g/mol. The molecule has 0 fully saturated rings. The number of ether oxygens (including phenoxy) is 2. The first-order valence-electron chi connectivity index (χ1n) is 12.2. The molecule has 0 radical (unpaired) electrons. The molecule has 0 aromatic heterocycles. The van der Waals surface area contributed by atoms with E-state index < -0.39 is 39.1 Å². The van der Waals surface area contributed by atoms with Gasteiger partial charge in [-0.3, -0.25) is 4.79 Å². The predicted molar refractivity (Wildman–Crippen MR) is 157 cm³/mol. The van der Waals surface area contributed by atoms with Gasteiger partial charge in [-0.2, -0.15) is 13.5 Å². The standard InChI is InChI=1S/C27H37O8P.2Na.H2S.7H2/c1-3-5-7-9-11-12-13-14-16-18-20-22-27(29)35-25(24-34-36(30,31)32)23-33-26(28)21-19-17-15-10-8-6-4-2;;;;;;;;;;/h25H,3,5,7,9,11-14,16,18,20,22-24H2,1-2H3,(H2,30,31,32);;;1H2;7*1H/q;2*+1;;;;;;;;/p-2/t25-;;;;;;;;;;/m1........../s1. The third kappa shape index (κ3) is 35.6. The number of rotatable bonds is 18. The first kappa shape index (κ1) is 45.6. The summed E-state index contributed by atoms with van der Waals surface area (Å²) in [4.78, 5) is 45.3. The van der Waals surface area contributed by atoms with Crippen molar-refractivity contribution in [1.82, 2.24) is 0 Å². The van der Waals surface area contributed by atoms with Gasteiger partial charge in [-0.15, -0.1) is 0 Å². The van der Waals surface area contributed by atoms with Crippen molar-refractivity contribution in [3.8, 4) is 47.4 Å². The Morgan fingerprint density at radius 3 is 1.79 bits per heavy atom. The zero-order chi connectivity index (χ0) is 26.9. The van der Waals surface area contributed by atoms with Crippen molar-refractivity contribution in [2.45, 2.75) is 97.0 Å². The Morgan fingerprint density at radius 2 is 1.28 bits per heavy atom. The predicted octanol–water partition coefficient (Wildman–Crippen LogP) is -1.14. The van der Waals surface area contributed by atoms with Crippen LogP contribution in [0.15, 0.2) is 0 Å². The van der Waals surface area contributed by atoms with Crippen LogP contribution in [0.2, 0.25) is 0 Å². The summed E-state index contributed by atoms with van der Waals surface area (Å²) in [6, 6.07) is 0. The zero-order valence-corrected chi connectivity index (χ0v) is 29.6. The van der Waals surface area contributed by atoms with Gasteiger partial charge in [0.2, 0.25) is 0 Å². The summed E-state index contributed by atoms with van der Waals surface area (Å²) in [5.74, 6) is 17.3. The van der Waals surface area contributed by atoms with E-state index in [4.69, 9.17) is 9.47 Å². The molecule has 0 aliphatic rings. The summed E-state index contributed by atoms with van der Waals surface area (Å²) < 4.78 is 24.9. The van der Waals surface area contributed by atoms with Crippen LogP contribution in [0.5, 0.6) is 0 Å². The molecule has 39 heavy (non-hydrogen) atoms. The second kappa shape index (κ2) is 32.2. The van der Waals surface area contributed by atoms with E-state index in [-0.39, 0.29) is 89.0 Å². The fraction of sp³-hybridized carbons (Fsp3) is 0.630. The largest absolute Gasteiger partial charge is 1.00 e. The molecule has 1 atom stereocenters. The third-order valence-corrected chi connectivity index (χ3v) is 5.17. The quantitative estimate of drug-likeness (QED) is 0.0476. The van der Waals surface area contributed by atoms with E-state index in [2.05, 4.69) is 58.8 Å². The molecule has 220 valence electrons. The Labute approximate surface area is 295 Å². The van der Waals surface area contributed by atoms with Crippen molar-refractivity contribution < 1.29 is 107 Å². The van der Waals surface area contributed by atoms with Crippen LogP contribution < -0.4 is 68.9 Å². The summed E-state index contributed by atoms with van der Waals surface area (Å²) in [6.45, 7) is 2.53. The molecule has 0 spiro atoms. The van der Waals surface area contributed by atoms with E-state index in [1.165, 1.54) is 44.9 Å². The van der Waals surface area contributed by atoms with Gasteiger partial charge in [-0.1, -0.05) is 77.1 Å². The fourth-order valence-electron chi connectivity index (χ4n) is 2.94. The Balaban J connectivity index is -0.000000136. The average Bonchev–Trinajstić information content (AvgIpc) is 2.83. The summed E-state index contributed by atoms with van der Waals surface area (Å²) in [7, 11) is -5.29. The van der Waals surface area contributed by atoms with Crippen molar-refractivity contribution in [3.05, 3.63) is 0 Å². The number of unbranched alkanes of at least 4 members (excludes halogenated alkanes) is 10. The van der Waals surface area contributed by atoms with Crippen molar-refractivity contribution in [3.63, 3.8) is 0 Å². The first-order valence-corrected chi connectivity index (χ1v) is 13.7. The van der Waals surface area contributed by atoms with Gasteiger partial charge in [-0.05, 0) is 48.9 Å². The summed E-state index contributed by atoms with van der Waals surface area (Å²) in [5, 5.41) is 0. The number of hydrogen-bond donors (Lipinski definition) is 0. The summed E-state index contributed by atoms with van der Waals surface area (Å²) in [5.41, 5.74) is 0. The number of hydrogen-bond acceptors (Lipinski definition) is 8. The Hall–Kier alpha value is -0.360. The molecule has 0 N–H and O–H groups in total. The minimum atomic E-state index is -5.29. The molecule has 0 rings (SSSR count). The smallest absolute Gasteiger partial charge is 0.790 e. The number of carbonyl (C=O) groups excluding carboxylic acids is 2. The molecule has 0 aliphatic carbocycles. The molecule has 0 bridgehead atoms. The maximum atomic E-state index is 12.1. The van der Waals surface area contributed by atoms with Gasteiger partial charge in [0.1, 0.15) is 6.61 Å². The van der Waals surface area contributed by atoms with Crippen molar-refractivity contribution in [1.29, 1.82) is 0 Å². The first-order chi connectivity index (χ1) is 17.3. The normalized spacial score (nSPS) is 9.85. The molecule has 8 nitrogen and oxygen atoms in total. The van der Waals surface area contributed by atoms with E-state index in [1.807, 2.05) is 0 Å². The van der Waals surface area contributed by atoms with Crippen LogP contribution in [0, 0.1) is 47.4 Å². The van der Waals surface area contributed by atoms with E-state index in [0.717, 1.165) is 19.3 Å². The minimum Gasteiger partial charge on any atom is -0.790 e. The maximum absolute atomic E-state index is 12.1. The fourth-order valence-corrected chi connectivity index (χ4v) is 3.29. The maximum Gasteiger partial charge on any atom is 1.00 e. The molecular weight excluding hydrogens is 561 g/mol. The monoisotopic (exact) mass is 612 g/mol. The molecule has 0 aromatic carbocycles. The van der Waals surface area contributed by atoms with Gasteiger partial charge in [0, 0.05) is 22.3 Å². The molecule has 0 amide bonds. The van der Waals surface area contributed by atoms with E-state index in [9.17, 15) is 23.9 Å². The van der Waals surface area contributed by atoms with Gasteiger partial charge in [0.25, 0.3) is 0 Å². The van der Waals surface area contributed by atoms with Gasteiger partial charge < -0.3 is 28.3 Å². The van der Waals surface area contributed by atoms with Crippen LogP contribution in [0.3, 0.4) is 0 Å². The van der Waals surface area contributed by atoms with E-state index in [1.54, 1.807) is 6.92 Å². The van der Waals surface area contributed by atoms with Gasteiger partial charge in [0.15, 0.2) is 6.10 Å². The number of esters is 2. The Bertz CT molecular complexity index is 984. The molecule has 0 heterocycles. The van der Waals surface area contributed by atoms with Crippen LogP contribution in [-0.2, 0) is 28.2 Å². The van der Waals surface area contributed by atoms with Crippen molar-refractivity contribution in [2.75, 3.05) is 13.2 Å². The number of carbonyl (C=O) groups is 2. The van der Waals surface area contributed by atoms with E-state index in [0.29, 0.717) is 6.42 Å². The second-order valence-corrected chi connectivity index (χ2v) is 9.02. The third-order valence-electron chi connectivity index (χ3n) is 4.70.